The Hall–Kier alpha value is -2.86. The maximum Gasteiger partial charge on any atom is 0.254 e. The summed E-state index contributed by atoms with van der Waals surface area (Å²) in [5.74, 6) is 0.836. The lowest BCUT2D eigenvalue weighted by molar-refractivity contribution is 0.0708. The third kappa shape index (κ3) is 5.30. The number of ether oxygens (including phenoxy) is 1. The van der Waals surface area contributed by atoms with Gasteiger partial charge in [-0.3, -0.25) is 9.59 Å². The summed E-state index contributed by atoms with van der Waals surface area (Å²) in [4.78, 5) is 31.2. The van der Waals surface area contributed by atoms with E-state index < -0.39 is 0 Å². The molecule has 2 aliphatic rings. The summed E-state index contributed by atoms with van der Waals surface area (Å²) in [6.45, 7) is 4.60. The molecule has 0 N–H and O–H groups in total. The number of likely N-dealkylation sites (tertiary alicyclic amines) is 2. The number of amides is 2. The van der Waals surface area contributed by atoms with E-state index in [1.54, 1.807) is 19.0 Å². The molecule has 0 aliphatic carbocycles. The fourth-order valence-corrected chi connectivity index (χ4v) is 4.58. The fourth-order valence-electron chi connectivity index (χ4n) is 4.58. The van der Waals surface area contributed by atoms with Crippen LogP contribution < -0.4 is 4.74 Å². The lowest BCUT2D eigenvalue weighted by Crippen LogP contribution is -2.42. The standard InChI is InChI=1S/C26H33N3O3/c1-27(2)25(30)21-9-7-20(8-10-21)19-32-24-13-11-22(12-14-24)26(31)29-17-5-6-23(29)18-28-15-3-4-16-28/h7-14,23H,3-6,15-19H2,1-2H3. The zero-order chi connectivity index (χ0) is 22.5. The second-order valence-electron chi connectivity index (χ2n) is 9.01. The van der Waals surface area contributed by atoms with Gasteiger partial charge in [-0.05, 0) is 80.7 Å². The van der Waals surface area contributed by atoms with Gasteiger partial charge in [-0.15, -0.1) is 0 Å². The zero-order valence-electron chi connectivity index (χ0n) is 19.1. The van der Waals surface area contributed by atoms with Crippen molar-refractivity contribution < 1.29 is 14.3 Å². The topological polar surface area (TPSA) is 53.1 Å². The molecule has 1 unspecified atom stereocenters. The second kappa shape index (κ2) is 10.2. The Bertz CT molecular complexity index is 918. The minimum atomic E-state index is -0.0154. The average molecular weight is 436 g/mol. The van der Waals surface area contributed by atoms with Gasteiger partial charge in [-0.1, -0.05) is 12.1 Å². The Morgan fingerprint density at radius 1 is 0.906 bits per heavy atom. The molecule has 6 nitrogen and oxygen atoms in total. The van der Waals surface area contributed by atoms with Crippen LogP contribution in [0, 0.1) is 0 Å². The van der Waals surface area contributed by atoms with Crippen LogP contribution >= 0.6 is 0 Å². The summed E-state index contributed by atoms with van der Waals surface area (Å²) in [6, 6.07) is 15.2. The first-order valence-electron chi connectivity index (χ1n) is 11.6. The van der Waals surface area contributed by atoms with Gasteiger partial charge in [0.15, 0.2) is 0 Å². The molecule has 1 atom stereocenters. The highest BCUT2D eigenvalue weighted by Gasteiger charge is 2.31. The Kier molecular flexibility index (Phi) is 7.10. The fraction of sp³-hybridized carbons (Fsp3) is 0.462. The van der Waals surface area contributed by atoms with Crippen molar-refractivity contribution >= 4 is 11.8 Å². The molecule has 4 rings (SSSR count). The maximum absolute atomic E-state index is 13.1. The van der Waals surface area contributed by atoms with Crippen LogP contribution in [0.15, 0.2) is 48.5 Å². The molecule has 2 saturated heterocycles. The van der Waals surface area contributed by atoms with Crippen LogP contribution in [0.5, 0.6) is 5.75 Å². The molecular weight excluding hydrogens is 402 g/mol. The van der Waals surface area contributed by atoms with E-state index in [0.717, 1.165) is 42.8 Å². The number of carbonyl (C=O) groups is 2. The summed E-state index contributed by atoms with van der Waals surface area (Å²) in [5.41, 5.74) is 2.37. The SMILES string of the molecule is CN(C)C(=O)c1ccc(COc2ccc(C(=O)N3CCCC3CN3CCCC3)cc2)cc1. The molecule has 170 valence electrons. The molecule has 2 fully saturated rings. The van der Waals surface area contributed by atoms with E-state index in [-0.39, 0.29) is 11.8 Å². The van der Waals surface area contributed by atoms with Crippen LogP contribution in [0.4, 0.5) is 0 Å². The third-order valence-corrected chi connectivity index (χ3v) is 6.42. The van der Waals surface area contributed by atoms with Gasteiger partial charge in [-0.2, -0.15) is 0 Å². The number of hydrogen-bond acceptors (Lipinski definition) is 4. The highest BCUT2D eigenvalue weighted by molar-refractivity contribution is 5.95. The number of rotatable bonds is 7. The molecule has 6 heteroatoms. The van der Waals surface area contributed by atoms with Crippen LogP contribution in [0.3, 0.4) is 0 Å². The first kappa shape index (κ1) is 22.3. The van der Waals surface area contributed by atoms with E-state index >= 15 is 0 Å². The van der Waals surface area contributed by atoms with Gasteiger partial charge in [0.2, 0.25) is 0 Å². The second-order valence-corrected chi connectivity index (χ2v) is 9.01. The number of benzene rings is 2. The van der Waals surface area contributed by atoms with Crippen molar-refractivity contribution in [2.75, 3.05) is 40.3 Å². The predicted molar refractivity (Wildman–Crippen MR) is 125 cm³/mol. The van der Waals surface area contributed by atoms with E-state index in [4.69, 9.17) is 4.74 Å². The molecule has 2 amide bonds. The Morgan fingerprint density at radius 2 is 1.56 bits per heavy atom. The predicted octanol–water partition coefficient (Wildman–Crippen LogP) is 3.67. The van der Waals surface area contributed by atoms with Gasteiger partial charge < -0.3 is 19.4 Å². The van der Waals surface area contributed by atoms with Crippen molar-refractivity contribution in [3.63, 3.8) is 0 Å². The Labute approximate surface area is 190 Å². The summed E-state index contributed by atoms with van der Waals surface area (Å²) in [6.07, 6.45) is 4.74. The van der Waals surface area contributed by atoms with E-state index in [2.05, 4.69) is 9.80 Å². The van der Waals surface area contributed by atoms with Gasteiger partial charge in [0.05, 0.1) is 0 Å². The summed E-state index contributed by atoms with van der Waals surface area (Å²) < 4.78 is 5.88. The van der Waals surface area contributed by atoms with Gasteiger partial charge in [-0.25, -0.2) is 0 Å². The largest absolute Gasteiger partial charge is 0.489 e. The number of nitrogens with zero attached hydrogens (tertiary/aromatic N) is 3. The average Bonchev–Trinajstić information content (AvgIpc) is 3.50. The molecule has 0 bridgehead atoms. The van der Waals surface area contributed by atoms with Crippen molar-refractivity contribution in [3.05, 3.63) is 65.2 Å². The normalized spacial score (nSPS) is 18.7. The van der Waals surface area contributed by atoms with Crippen LogP contribution in [-0.4, -0.2) is 72.8 Å². The smallest absolute Gasteiger partial charge is 0.254 e. The van der Waals surface area contributed by atoms with Crippen molar-refractivity contribution in [2.45, 2.75) is 38.3 Å². The molecule has 0 aromatic heterocycles. The summed E-state index contributed by atoms with van der Waals surface area (Å²) in [5, 5.41) is 0. The molecule has 2 heterocycles. The molecule has 2 aliphatic heterocycles. The van der Waals surface area contributed by atoms with Gasteiger partial charge in [0.1, 0.15) is 12.4 Å². The summed E-state index contributed by atoms with van der Waals surface area (Å²) in [7, 11) is 3.48. The van der Waals surface area contributed by atoms with Crippen LogP contribution in [0.25, 0.3) is 0 Å². The van der Waals surface area contributed by atoms with E-state index in [0.29, 0.717) is 18.2 Å². The van der Waals surface area contributed by atoms with E-state index in [1.165, 1.54) is 25.9 Å². The highest BCUT2D eigenvalue weighted by Crippen LogP contribution is 2.24. The van der Waals surface area contributed by atoms with Crippen LogP contribution in [0.2, 0.25) is 0 Å². The quantitative estimate of drug-likeness (QED) is 0.666. The van der Waals surface area contributed by atoms with Crippen LogP contribution in [-0.2, 0) is 6.61 Å². The summed E-state index contributed by atoms with van der Waals surface area (Å²) >= 11 is 0. The Balaban J connectivity index is 1.31. The van der Waals surface area contributed by atoms with Crippen molar-refractivity contribution in [1.29, 1.82) is 0 Å². The number of hydrogen-bond donors (Lipinski definition) is 0. The minimum absolute atomic E-state index is 0.0154. The van der Waals surface area contributed by atoms with E-state index in [9.17, 15) is 9.59 Å². The van der Waals surface area contributed by atoms with Gasteiger partial charge in [0.25, 0.3) is 11.8 Å². The van der Waals surface area contributed by atoms with Crippen molar-refractivity contribution in [1.82, 2.24) is 14.7 Å². The third-order valence-electron chi connectivity index (χ3n) is 6.42. The highest BCUT2D eigenvalue weighted by atomic mass is 16.5. The Morgan fingerprint density at radius 3 is 2.22 bits per heavy atom. The van der Waals surface area contributed by atoms with Crippen molar-refractivity contribution in [2.24, 2.45) is 0 Å². The molecule has 0 spiro atoms. The number of carbonyl (C=O) groups excluding carboxylic acids is 2. The lowest BCUT2D eigenvalue weighted by Gasteiger charge is -2.28. The molecule has 0 saturated carbocycles. The molecule has 2 aromatic carbocycles. The molecule has 2 aromatic rings. The molecule has 0 radical (unpaired) electrons. The van der Waals surface area contributed by atoms with E-state index in [1.807, 2.05) is 48.5 Å². The van der Waals surface area contributed by atoms with Gasteiger partial charge in [0, 0.05) is 44.4 Å². The minimum Gasteiger partial charge on any atom is -0.489 e. The van der Waals surface area contributed by atoms with Crippen LogP contribution in [0.1, 0.15) is 52.0 Å². The first-order chi connectivity index (χ1) is 15.5. The zero-order valence-corrected chi connectivity index (χ0v) is 19.1. The molecule has 32 heavy (non-hydrogen) atoms. The lowest BCUT2D eigenvalue weighted by atomic mass is 10.1. The van der Waals surface area contributed by atoms with Gasteiger partial charge >= 0.3 is 0 Å². The monoisotopic (exact) mass is 435 g/mol. The first-order valence-corrected chi connectivity index (χ1v) is 11.6. The van der Waals surface area contributed by atoms with Crippen molar-refractivity contribution in [3.8, 4) is 5.75 Å². The maximum atomic E-state index is 13.1. The molecular formula is C26H33N3O3.